The molecular formula is C10H13Cl2N. The Bertz CT molecular complexity index is 310. The molecule has 0 spiro atoms. The summed E-state index contributed by atoms with van der Waals surface area (Å²) in [5.74, 6) is 0. The van der Waals surface area contributed by atoms with Crippen LogP contribution in [0, 0.1) is 6.92 Å². The molecule has 3 heteroatoms. The minimum atomic E-state index is 0.0507. The number of halogens is 2. The maximum absolute atomic E-state index is 5.91. The molecule has 0 radical (unpaired) electrons. The summed E-state index contributed by atoms with van der Waals surface area (Å²) in [7, 11) is 0. The highest BCUT2D eigenvalue weighted by Crippen LogP contribution is 2.28. The lowest BCUT2D eigenvalue weighted by Gasteiger charge is -2.13. The minimum absolute atomic E-state index is 0.0507. The molecule has 0 unspecified atom stereocenters. The molecule has 0 bridgehead atoms. The highest BCUT2D eigenvalue weighted by atomic mass is 35.5. The first-order valence-corrected chi connectivity index (χ1v) is 5.03. The van der Waals surface area contributed by atoms with Crippen molar-refractivity contribution in [3.8, 4) is 0 Å². The van der Waals surface area contributed by atoms with E-state index in [1.54, 1.807) is 0 Å². The van der Waals surface area contributed by atoms with E-state index in [0.29, 0.717) is 10.0 Å². The first kappa shape index (κ1) is 10.8. The van der Waals surface area contributed by atoms with Crippen LogP contribution in [0.15, 0.2) is 12.1 Å². The zero-order valence-electron chi connectivity index (χ0n) is 7.77. The Kier molecular flexibility index (Phi) is 3.60. The van der Waals surface area contributed by atoms with E-state index in [0.717, 1.165) is 17.5 Å². The van der Waals surface area contributed by atoms with Crippen LogP contribution in [0.5, 0.6) is 0 Å². The van der Waals surface area contributed by atoms with Gasteiger partial charge in [0.15, 0.2) is 0 Å². The molecule has 13 heavy (non-hydrogen) atoms. The fourth-order valence-electron chi connectivity index (χ4n) is 1.28. The van der Waals surface area contributed by atoms with E-state index < -0.39 is 0 Å². The van der Waals surface area contributed by atoms with Crippen LogP contribution in [-0.2, 0) is 0 Å². The van der Waals surface area contributed by atoms with Gasteiger partial charge in [0.1, 0.15) is 0 Å². The van der Waals surface area contributed by atoms with E-state index in [9.17, 15) is 0 Å². The molecule has 0 saturated carbocycles. The third-order valence-corrected chi connectivity index (χ3v) is 2.87. The summed E-state index contributed by atoms with van der Waals surface area (Å²) in [5.41, 5.74) is 8.09. The van der Waals surface area contributed by atoms with E-state index >= 15 is 0 Å². The maximum Gasteiger partial charge on any atom is 0.0595 e. The smallest absolute Gasteiger partial charge is 0.0595 e. The summed E-state index contributed by atoms with van der Waals surface area (Å²) in [4.78, 5) is 0. The second-order valence-corrected chi connectivity index (χ2v) is 3.95. The number of hydrogen-bond donors (Lipinski definition) is 1. The lowest BCUT2D eigenvalue weighted by molar-refractivity contribution is 0.694. The molecule has 1 aromatic rings. The van der Waals surface area contributed by atoms with Gasteiger partial charge in [0.25, 0.3) is 0 Å². The molecule has 72 valence electrons. The largest absolute Gasteiger partial charge is 0.324 e. The van der Waals surface area contributed by atoms with E-state index in [-0.39, 0.29) is 6.04 Å². The summed E-state index contributed by atoms with van der Waals surface area (Å²) >= 11 is 11.8. The van der Waals surface area contributed by atoms with Crippen LogP contribution in [0.3, 0.4) is 0 Å². The normalized spacial score (nSPS) is 13.0. The molecule has 1 atom stereocenters. The summed E-state index contributed by atoms with van der Waals surface area (Å²) in [6.45, 7) is 4.04. The minimum Gasteiger partial charge on any atom is -0.324 e. The zero-order chi connectivity index (χ0) is 10.0. The van der Waals surface area contributed by atoms with E-state index in [4.69, 9.17) is 28.9 Å². The van der Waals surface area contributed by atoms with Gasteiger partial charge in [-0.2, -0.15) is 0 Å². The molecule has 1 nitrogen and oxygen atoms in total. The van der Waals surface area contributed by atoms with Gasteiger partial charge in [0.2, 0.25) is 0 Å². The van der Waals surface area contributed by atoms with Crippen LogP contribution < -0.4 is 5.73 Å². The second-order valence-electron chi connectivity index (χ2n) is 3.14. The van der Waals surface area contributed by atoms with E-state index in [1.807, 2.05) is 26.0 Å². The number of aryl methyl sites for hydroxylation is 1. The van der Waals surface area contributed by atoms with Crippen LogP contribution in [0.25, 0.3) is 0 Å². The van der Waals surface area contributed by atoms with Gasteiger partial charge in [0, 0.05) is 6.04 Å². The monoisotopic (exact) mass is 217 g/mol. The van der Waals surface area contributed by atoms with Gasteiger partial charge >= 0.3 is 0 Å². The van der Waals surface area contributed by atoms with Crippen molar-refractivity contribution in [1.29, 1.82) is 0 Å². The standard InChI is InChI=1S/C10H13Cl2N/c1-3-10(13)7-5-9(12)8(11)4-6(7)2/h4-5,10H,3,13H2,1-2H3/t10-/m1/s1. The highest BCUT2D eigenvalue weighted by molar-refractivity contribution is 6.42. The average molecular weight is 218 g/mol. The van der Waals surface area contributed by atoms with Crippen LogP contribution in [-0.4, -0.2) is 0 Å². The molecule has 0 aliphatic carbocycles. The third-order valence-electron chi connectivity index (χ3n) is 2.15. The molecule has 0 amide bonds. The Morgan fingerprint density at radius 2 is 1.85 bits per heavy atom. The predicted octanol–water partition coefficient (Wildman–Crippen LogP) is 3.71. The molecule has 0 aromatic heterocycles. The molecule has 0 fully saturated rings. The van der Waals surface area contributed by atoms with Gasteiger partial charge in [-0.1, -0.05) is 30.1 Å². The van der Waals surface area contributed by atoms with Crippen LogP contribution in [0.1, 0.15) is 30.5 Å². The van der Waals surface area contributed by atoms with Crippen LogP contribution >= 0.6 is 23.2 Å². The molecule has 1 rings (SSSR count). The number of nitrogens with two attached hydrogens (primary N) is 1. The fourth-order valence-corrected chi connectivity index (χ4v) is 1.67. The molecule has 0 aliphatic heterocycles. The Morgan fingerprint density at radius 1 is 1.31 bits per heavy atom. The Labute approximate surface area is 88.8 Å². The van der Waals surface area contributed by atoms with Gasteiger partial charge in [-0.05, 0) is 36.6 Å². The van der Waals surface area contributed by atoms with Gasteiger partial charge in [-0.15, -0.1) is 0 Å². The van der Waals surface area contributed by atoms with Gasteiger partial charge < -0.3 is 5.73 Å². The summed E-state index contributed by atoms with van der Waals surface area (Å²) < 4.78 is 0. The quantitative estimate of drug-likeness (QED) is 0.804. The Morgan fingerprint density at radius 3 is 2.38 bits per heavy atom. The summed E-state index contributed by atoms with van der Waals surface area (Å²) in [6, 6.07) is 3.76. The van der Waals surface area contributed by atoms with Crippen LogP contribution in [0.2, 0.25) is 10.0 Å². The lowest BCUT2D eigenvalue weighted by atomic mass is 10.0. The summed E-state index contributed by atoms with van der Waals surface area (Å²) in [6.07, 6.45) is 0.902. The SMILES string of the molecule is CC[C@@H](N)c1cc(Cl)c(Cl)cc1C. The van der Waals surface area contributed by atoms with Crippen molar-refractivity contribution in [2.75, 3.05) is 0 Å². The molecule has 0 heterocycles. The molecule has 2 N–H and O–H groups in total. The van der Waals surface area contributed by atoms with Gasteiger partial charge in [-0.25, -0.2) is 0 Å². The van der Waals surface area contributed by atoms with E-state index in [2.05, 4.69) is 0 Å². The first-order chi connectivity index (χ1) is 6.06. The maximum atomic E-state index is 5.91. The van der Waals surface area contributed by atoms with Crippen molar-refractivity contribution < 1.29 is 0 Å². The Hall–Kier alpha value is -0.240. The van der Waals surface area contributed by atoms with Crippen molar-refractivity contribution in [3.63, 3.8) is 0 Å². The zero-order valence-corrected chi connectivity index (χ0v) is 9.28. The van der Waals surface area contributed by atoms with Gasteiger partial charge in [0.05, 0.1) is 10.0 Å². The summed E-state index contributed by atoms with van der Waals surface area (Å²) in [5, 5.41) is 1.16. The van der Waals surface area contributed by atoms with Crippen molar-refractivity contribution in [3.05, 3.63) is 33.3 Å². The number of benzene rings is 1. The number of hydrogen-bond acceptors (Lipinski definition) is 1. The topological polar surface area (TPSA) is 26.0 Å². The molecule has 0 aliphatic rings. The van der Waals surface area contributed by atoms with Crippen molar-refractivity contribution >= 4 is 23.2 Å². The van der Waals surface area contributed by atoms with Gasteiger partial charge in [-0.3, -0.25) is 0 Å². The van der Waals surface area contributed by atoms with E-state index in [1.165, 1.54) is 0 Å². The predicted molar refractivity (Wildman–Crippen MR) is 58.4 cm³/mol. The van der Waals surface area contributed by atoms with Crippen molar-refractivity contribution in [1.82, 2.24) is 0 Å². The Balaban J connectivity index is 3.15. The second kappa shape index (κ2) is 4.32. The lowest BCUT2D eigenvalue weighted by Crippen LogP contribution is -2.10. The third kappa shape index (κ3) is 2.37. The highest BCUT2D eigenvalue weighted by Gasteiger charge is 2.09. The van der Waals surface area contributed by atoms with Crippen molar-refractivity contribution in [2.24, 2.45) is 5.73 Å². The average Bonchev–Trinajstić information content (AvgIpc) is 2.10. The fraction of sp³-hybridized carbons (Fsp3) is 0.400. The first-order valence-electron chi connectivity index (χ1n) is 4.27. The number of rotatable bonds is 2. The van der Waals surface area contributed by atoms with Crippen molar-refractivity contribution in [2.45, 2.75) is 26.3 Å². The van der Waals surface area contributed by atoms with Crippen LogP contribution in [0.4, 0.5) is 0 Å². The molecular weight excluding hydrogens is 205 g/mol. The molecule has 0 saturated heterocycles. The molecule has 1 aromatic carbocycles.